The second-order valence-corrected chi connectivity index (χ2v) is 6.84. The minimum absolute atomic E-state index is 0.0182. The normalized spacial score (nSPS) is 21.7. The summed E-state index contributed by atoms with van der Waals surface area (Å²) in [5, 5.41) is 7.86. The molecule has 5 heteroatoms. The molecule has 0 bridgehead atoms. The third-order valence-electron chi connectivity index (χ3n) is 5.16. The van der Waals surface area contributed by atoms with Crippen LogP contribution in [0, 0.1) is 5.41 Å². The van der Waals surface area contributed by atoms with Crippen LogP contribution in [0.15, 0.2) is 42.1 Å². The largest absolute Gasteiger partial charge is 0.330 e. The maximum Gasteiger partial charge on any atom is 0.254 e. The highest BCUT2D eigenvalue weighted by Crippen LogP contribution is 2.29. The first-order valence-electron chi connectivity index (χ1n) is 8.77. The highest BCUT2D eigenvalue weighted by Gasteiger charge is 2.37. The van der Waals surface area contributed by atoms with E-state index in [1.54, 1.807) is 11.1 Å². The first-order valence-corrected chi connectivity index (χ1v) is 8.77. The van der Waals surface area contributed by atoms with Crippen molar-refractivity contribution >= 4 is 23.7 Å². The fourth-order valence-electron chi connectivity index (χ4n) is 3.91. The van der Waals surface area contributed by atoms with Gasteiger partial charge in [-0.1, -0.05) is 42.0 Å². The number of carbonyl (C=O) groups excluding carboxylic acids is 2. The van der Waals surface area contributed by atoms with Crippen LogP contribution in [0.5, 0.6) is 0 Å². The van der Waals surface area contributed by atoms with Gasteiger partial charge in [-0.05, 0) is 30.4 Å². The van der Waals surface area contributed by atoms with E-state index < -0.39 is 6.04 Å². The number of nitrogens with one attached hydrogen (secondary N) is 1. The van der Waals surface area contributed by atoms with Gasteiger partial charge in [-0.3, -0.25) is 19.9 Å². The Labute approximate surface area is 147 Å². The summed E-state index contributed by atoms with van der Waals surface area (Å²) in [7, 11) is 0. The molecule has 4 rings (SSSR count). The highest BCUT2D eigenvalue weighted by molar-refractivity contribution is 6.03. The Hall–Kier alpha value is -2.69. The Morgan fingerprint density at radius 1 is 1.24 bits per heavy atom. The van der Waals surface area contributed by atoms with Gasteiger partial charge in [0.15, 0.2) is 0 Å². The fourth-order valence-corrected chi connectivity index (χ4v) is 3.91. The molecule has 1 aromatic carbocycles. The molecule has 1 atom stereocenters. The van der Waals surface area contributed by atoms with Crippen LogP contribution in [0.4, 0.5) is 0 Å². The smallest absolute Gasteiger partial charge is 0.254 e. The monoisotopic (exact) mass is 335 g/mol. The number of amides is 2. The zero-order valence-electron chi connectivity index (χ0n) is 14.1. The third kappa shape index (κ3) is 2.90. The van der Waals surface area contributed by atoms with Crippen molar-refractivity contribution in [1.29, 1.82) is 5.41 Å². The molecule has 0 spiro atoms. The van der Waals surface area contributed by atoms with Crippen molar-refractivity contribution in [3.63, 3.8) is 0 Å². The second kappa shape index (κ2) is 6.31. The van der Waals surface area contributed by atoms with Gasteiger partial charge < -0.3 is 4.90 Å². The van der Waals surface area contributed by atoms with Crippen LogP contribution in [0.25, 0.3) is 6.08 Å². The van der Waals surface area contributed by atoms with E-state index in [-0.39, 0.29) is 11.8 Å². The molecule has 0 aromatic heterocycles. The number of rotatable bonds is 3. The van der Waals surface area contributed by atoms with E-state index in [0.29, 0.717) is 31.6 Å². The average molecular weight is 335 g/mol. The first kappa shape index (κ1) is 15.8. The van der Waals surface area contributed by atoms with E-state index in [4.69, 9.17) is 5.41 Å². The number of fused-ring (bicyclic) bond motifs is 1. The van der Waals surface area contributed by atoms with E-state index in [1.165, 1.54) is 16.0 Å². The van der Waals surface area contributed by atoms with Gasteiger partial charge in [-0.2, -0.15) is 0 Å². The van der Waals surface area contributed by atoms with E-state index in [1.807, 2.05) is 18.2 Å². The third-order valence-corrected chi connectivity index (χ3v) is 5.16. The lowest BCUT2D eigenvalue weighted by molar-refractivity contribution is -0.140. The molecule has 1 N–H and O–H groups in total. The summed E-state index contributed by atoms with van der Waals surface area (Å²) >= 11 is 0. The van der Waals surface area contributed by atoms with Crippen molar-refractivity contribution in [2.45, 2.75) is 38.1 Å². The maximum absolute atomic E-state index is 12.8. The summed E-state index contributed by atoms with van der Waals surface area (Å²) in [5.74, 6) is 0.163. The maximum atomic E-state index is 12.8. The molecular weight excluding hydrogens is 314 g/mol. The lowest BCUT2D eigenvalue weighted by Crippen LogP contribution is -2.46. The molecule has 0 radical (unpaired) electrons. The van der Waals surface area contributed by atoms with Gasteiger partial charge in [-0.25, -0.2) is 0 Å². The quantitative estimate of drug-likeness (QED) is 0.923. The number of amidine groups is 1. The van der Waals surface area contributed by atoms with Crippen molar-refractivity contribution in [2.24, 2.45) is 0 Å². The molecule has 5 nitrogen and oxygen atoms in total. The van der Waals surface area contributed by atoms with Crippen molar-refractivity contribution in [2.75, 3.05) is 6.54 Å². The van der Waals surface area contributed by atoms with E-state index in [9.17, 15) is 9.59 Å². The van der Waals surface area contributed by atoms with Crippen molar-refractivity contribution in [3.8, 4) is 0 Å². The van der Waals surface area contributed by atoms with Gasteiger partial charge in [0.05, 0.1) is 0 Å². The Bertz CT molecular complexity index is 809. The van der Waals surface area contributed by atoms with Gasteiger partial charge in [0.2, 0.25) is 5.91 Å². The van der Waals surface area contributed by atoms with E-state index >= 15 is 0 Å². The lowest BCUT2D eigenvalue weighted by atomic mass is 10.1. The van der Waals surface area contributed by atoms with Crippen LogP contribution < -0.4 is 0 Å². The summed E-state index contributed by atoms with van der Waals surface area (Å²) in [5.41, 5.74) is 3.56. The molecule has 2 heterocycles. The molecule has 1 aromatic rings. The van der Waals surface area contributed by atoms with Gasteiger partial charge in [-0.15, -0.1) is 0 Å². The molecule has 1 aliphatic carbocycles. The Morgan fingerprint density at radius 3 is 2.84 bits per heavy atom. The first-order chi connectivity index (χ1) is 12.1. The molecule has 2 amide bonds. The van der Waals surface area contributed by atoms with Gasteiger partial charge in [0.1, 0.15) is 11.9 Å². The molecule has 25 heavy (non-hydrogen) atoms. The molecule has 2 aliphatic heterocycles. The predicted octanol–water partition coefficient (Wildman–Crippen LogP) is 2.73. The van der Waals surface area contributed by atoms with Crippen LogP contribution in [0.1, 0.15) is 36.8 Å². The standard InChI is InChI=1S/C20H21N3O2/c21-18-8-4-10-23(18)20(25)17-7-3-9-22(17)19(24)13-14-11-15-5-1-2-6-16(15)12-14/h1-2,4-6,10-11,17,21H,3,7-9,12-13H2/t17-/m0/s1. The topological polar surface area (TPSA) is 64.5 Å². The van der Waals surface area contributed by atoms with Crippen LogP contribution >= 0.6 is 0 Å². The van der Waals surface area contributed by atoms with Gasteiger partial charge >= 0.3 is 0 Å². The molecular formula is C20H21N3O2. The number of likely N-dealkylation sites (tertiary alicyclic amines) is 1. The SMILES string of the molecule is N=C1CC=CN1C(=O)[C@@H]1CCCN1C(=O)CC1=Cc2ccccc2C1. The minimum Gasteiger partial charge on any atom is -0.330 e. The van der Waals surface area contributed by atoms with Crippen LogP contribution in [0.2, 0.25) is 0 Å². The highest BCUT2D eigenvalue weighted by atomic mass is 16.2. The van der Waals surface area contributed by atoms with Crippen molar-refractivity contribution in [3.05, 3.63) is 53.2 Å². The number of hydrogen-bond acceptors (Lipinski definition) is 3. The molecule has 0 saturated carbocycles. The lowest BCUT2D eigenvalue weighted by Gasteiger charge is -2.27. The Morgan fingerprint density at radius 2 is 2.08 bits per heavy atom. The molecule has 1 fully saturated rings. The summed E-state index contributed by atoms with van der Waals surface area (Å²) in [6.45, 7) is 0.625. The summed E-state index contributed by atoms with van der Waals surface area (Å²) in [4.78, 5) is 28.6. The second-order valence-electron chi connectivity index (χ2n) is 6.84. The van der Waals surface area contributed by atoms with Crippen LogP contribution in [-0.4, -0.2) is 40.0 Å². The predicted molar refractivity (Wildman–Crippen MR) is 95.8 cm³/mol. The summed E-state index contributed by atoms with van der Waals surface area (Å²) < 4.78 is 0. The van der Waals surface area contributed by atoms with Gasteiger partial charge in [0, 0.05) is 25.6 Å². The molecule has 1 saturated heterocycles. The van der Waals surface area contributed by atoms with Crippen LogP contribution in [0.3, 0.4) is 0 Å². The Kier molecular flexibility index (Phi) is 3.99. The van der Waals surface area contributed by atoms with Crippen molar-refractivity contribution in [1.82, 2.24) is 9.80 Å². The van der Waals surface area contributed by atoms with Crippen molar-refractivity contribution < 1.29 is 9.59 Å². The molecule has 0 unspecified atom stereocenters. The van der Waals surface area contributed by atoms with E-state index in [2.05, 4.69) is 18.2 Å². The average Bonchev–Trinajstić information content (AvgIpc) is 3.32. The number of nitrogens with zero attached hydrogens (tertiary/aromatic N) is 2. The van der Waals surface area contributed by atoms with E-state index in [0.717, 1.165) is 18.4 Å². The summed E-state index contributed by atoms with van der Waals surface area (Å²) in [6, 6.07) is 7.76. The fraction of sp³-hybridized carbons (Fsp3) is 0.350. The van der Waals surface area contributed by atoms with Gasteiger partial charge in [0.25, 0.3) is 5.91 Å². The molecule has 3 aliphatic rings. The Balaban J connectivity index is 1.44. The van der Waals surface area contributed by atoms with Crippen LogP contribution in [-0.2, 0) is 16.0 Å². The zero-order chi connectivity index (χ0) is 17.4. The molecule has 128 valence electrons. The number of carbonyl (C=O) groups is 2. The summed E-state index contributed by atoms with van der Waals surface area (Å²) in [6.07, 6.45) is 8.74. The minimum atomic E-state index is -0.431. The number of hydrogen-bond donors (Lipinski definition) is 1. The zero-order valence-corrected chi connectivity index (χ0v) is 14.1. The number of benzene rings is 1.